The van der Waals surface area contributed by atoms with E-state index in [0.29, 0.717) is 17.2 Å². The molecule has 2 amide bonds. The van der Waals surface area contributed by atoms with Crippen molar-refractivity contribution in [1.82, 2.24) is 14.5 Å². The second kappa shape index (κ2) is 10.1. The van der Waals surface area contributed by atoms with Gasteiger partial charge in [0.25, 0.3) is 0 Å². The highest BCUT2D eigenvalue weighted by atomic mass is 32.1. The van der Waals surface area contributed by atoms with Crippen molar-refractivity contribution in [3.63, 3.8) is 0 Å². The molecule has 1 aromatic carbocycles. The molecule has 0 aliphatic rings. The molecular formula is C23H25N5O2S2. The Morgan fingerprint density at radius 2 is 1.91 bits per heavy atom. The monoisotopic (exact) mass is 467 g/mol. The van der Waals surface area contributed by atoms with Crippen LogP contribution in [0.5, 0.6) is 0 Å². The summed E-state index contributed by atoms with van der Waals surface area (Å²) in [5.41, 5.74) is 2.54. The van der Waals surface area contributed by atoms with Crippen LogP contribution in [0.2, 0.25) is 0 Å². The van der Waals surface area contributed by atoms with Crippen LogP contribution >= 0.6 is 22.7 Å². The van der Waals surface area contributed by atoms with E-state index in [-0.39, 0.29) is 18.2 Å². The fraction of sp³-hybridized carbons (Fsp3) is 0.261. The predicted molar refractivity (Wildman–Crippen MR) is 132 cm³/mol. The van der Waals surface area contributed by atoms with Crippen molar-refractivity contribution < 1.29 is 9.59 Å². The van der Waals surface area contributed by atoms with Gasteiger partial charge in [0.15, 0.2) is 5.13 Å². The zero-order chi connectivity index (χ0) is 22.5. The number of carbonyl (C=O) groups excluding carboxylic acids is 2. The van der Waals surface area contributed by atoms with E-state index in [9.17, 15) is 9.59 Å². The van der Waals surface area contributed by atoms with E-state index in [1.54, 1.807) is 16.7 Å². The van der Waals surface area contributed by atoms with E-state index in [1.165, 1.54) is 11.3 Å². The van der Waals surface area contributed by atoms with Gasteiger partial charge in [-0.15, -0.1) is 22.7 Å². The van der Waals surface area contributed by atoms with E-state index in [0.717, 1.165) is 34.6 Å². The quantitative estimate of drug-likeness (QED) is 0.389. The third-order valence-corrected chi connectivity index (χ3v) is 6.58. The highest BCUT2D eigenvalue weighted by Gasteiger charge is 2.12. The van der Waals surface area contributed by atoms with Crippen molar-refractivity contribution in [3.05, 3.63) is 63.9 Å². The largest absolute Gasteiger partial charge is 0.346 e. The number of rotatable bonds is 9. The van der Waals surface area contributed by atoms with E-state index < -0.39 is 0 Å². The molecule has 3 aromatic heterocycles. The maximum atomic E-state index is 12.5. The van der Waals surface area contributed by atoms with Crippen molar-refractivity contribution in [2.45, 2.75) is 19.4 Å². The minimum atomic E-state index is -0.141. The van der Waals surface area contributed by atoms with E-state index in [2.05, 4.69) is 51.4 Å². The van der Waals surface area contributed by atoms with Crippen LogP contribution in [0.25, 0.3) is 10.9 Å². The van der Waals surface area contributed by atoms with Crippen LogP contribution < -0.4 is 10.6 Å². The molecule has 32 heavy (non-hydrogen) atoms. The average molecular weight is 468 g/mol. The van der Waals surface area contributed by atoms with Crippen LogP contribution in [0.1, 0.15) is 10.6 Å². The first-order chi connectivity index (χ1) is 15.5. The maximum absolute atomic E-state index is 12.5. The number of benzene rings is 1. The molecule has 0 fully saturated rings. The summed E-state index contributed by atoms with van der Waals surface area (Å²) in [5.74, 6) is -0.248. The zero-order valence-corrected chi connectivity index (χ0v) is 19.6. The van der Waals surface area contributed by atoms with Gasteiger partial charge >= 0.3 is 0 Å². The van der Waals surface area contributed by atoms with Crippen molar-refractivity contribution in [2.24, 2.45) is 0 Å². The highest BCUT2D eigenvalue weighted by Crippen LogP contribution is 2.22. The van der Waals surface area contributed by atoms with Gasteiger partial charge in [-0.1, -0.05) is 6.07 Å². The van der Waals surface area contributed by atoms with Gasteiger partial charge in [-0.25, -0.2) is 4.98 Å². The average Bonchev–Trinajstić information content (AvgIpc) is 3.48. The van der Waals surface area contributed by atoms with Crippen LogP contribution in [0.3, 0.4) is 0 Å². The minimum Gasteiger partial charge on any atom is -0.346 e. The molecule has 3 heterocycles. The summed E-state index contributed by atoms with van der Waals surface area (Å²) in [7, 11) is 4.12. The highest BCUT2D eigenvalue weighted by molar-refractivity contribution is 7.14. The lowest BCUT2D eigenvalue weighted by atomic mass is 10.2. The molecule has 0 radical (unpaired) electrons. The number of anilines is 2. The molecule has 7 nitrogen and oxygen atoms in total. The SMILES string of the molecule is CN(C)CCn1ccc2cc(NC(=O)Cc3csc(NC(=O)Cc4cccs4)n3)ccc21. The number of nitrogens with one attached hydrogen (secondary N) is 2. The third kappa shape index (κ3) is 5.82. The molecule has 0 spiro atoms. The Balaban J connectivity index is 1.31. The first-order valence-electron chi connectivity index (χ1n) is 10.3. The summed E-state index contributed by atoms with van der Waals surface area (Å²) in [6, 6.07) is 11.8. The van der Waals surface area contributed by atoms with Gasteiger partial charge in [-0.2, -0.15) is 0 Å². The molecule has 0 saturated heterocycles. The van der Waals surface area contributed by atoms with Crippen LogP contribution in [0.4, 0.5) is 10.8 Å². The Morgan fingerprint density at radius 3 is 2.69 bits per heavy atom. The van der Waals surface area contributed by atoms with Crippen LogP contribution in [-0.4, -0.2) is 46.9 Å². The van der Waals surface area contributed by atoms with Crippen LogP contribution in [0, 0.1) is 0 Å². The Hall–Kier alpha value is -3.01. The van der Waals surface area contributed by atoms with Crippen LogP contribution in [-0.2, 0) is 29.0 Å². The Kier molecular flexibility index (Phi) is 6.99. The molecule has 9 heteroatoms. The Morgan fingerprint density at radius 1 is 1.06 bits per heavy atom. The lowest BCUT2D eigenvalue weighted by Crippen LogP contribution is -2.18. The van der Waals surface area contributed by atoms with Gasteiger partial charge in [0.2, 0.25) is 11.8 Å². The lowest BCUT2D eigenvalue weighted by Gasteiger charge is -2.11. The third-order valence-electron chi connectivity index (χ3n) is 4.90. The smallest absolute Gasteiger partial charge is 0.231 e. The van der Waals surface area contributed by atoms with Gasteiger partial charge < -0.3 is 20.1 Å². The fourth-order valence-electron chi connectivity index (χ4n) is 3.33. The standard InChI is InChI=1S/C23H25N5O2S2/c1-27(2)9-10-28-8-7-16-12-17(5-6-20(16)28)24-21(29)13-18-15-32-23(25-18)26-22(30)14-19-4-3-11-31-19/h3-8,11-12,15H,9-10,13-14H2,1-2H3,(H,24,29)(H,25,26,30). The molecule has 0 aliphatic heterocycles. The summed E-state index contributed by atoms with van der Waals surface area (Å²) < 4.78 is 2.21. The minimum absolute atomic E-state index is 0.108. The lowest BCUT2D eigenvalue weighted by molar-refractivity contribution is -0.116. The van der Waals surface area contributed by atoms with E-state index in [4.69, 9.17) is 0 Å². The van der Waals surface area contributed by atoms with Crippen molar-refractivity contribution in [3.8, 4) is 0 Å². The van der Waals surface area contributed by atoms with Crippen molar-refractivity contribution in [1.29, 1.82) is 0 Å². The normalized spacial score (nSPS) is 11.2. The number of thiophene rings is 1. The number of amides is 2. The molecule has 166 valence electrons. The first-order valence-corrected chi connectivity index (χ1v) is 12.0. The summed E-state index contributed by atoms with van der Waals surface area (Å²) in [6.07, 6.45) is 2.55. The Labute approximate surface area is 194 Å². The number of thiazole rings is 1. The predicted octanol–water partition coefficient (Wildman–Crippen LogP) is 4.08. The number of likely N-dealkylation sites (N-methyl/N-ethyl adjacent to an activating group) is 1. The summed E-state index contributed by atoms with van der Waals surface area (Å²) >= 11 is 2.87. The first kappa shape index (κ1) is 22.2. The number of aromatic nitrogens is 2. The molecular weight excluding hydrogens is 442 g/mol. The molecule has 0 aliphatic carbocycles. The topological polar surface area (TPSA) is 79.3 Å². The van der Waals surface area contributed by atoms with E-state index in [1.807, 2.05) is 35.7 Å². The zero-order valence-electron chi connectivity index (χ0n) is 18.0. The molecule has 0 bridgehead atoms. The molecule has 0 atom stereocenters. The molecule has 4 aromatic rings. The fourth-order valence-corrected chi connectivity index (χ4v) is 4.76. The van der Waals surface area contributed by atoms with Gasteiger partial charge in [0.1, 0.15) is 0 Å². The maximum Gasteiger partial charge on any atom is 0.231 e. The number of carbonyl (C=O) groups is 2. The summed E-state index contributed by atoms with van der Waals surface area (Å²) in [4.78, 5) is 32.1. The number of nitrogens with zero attached hydrogens (tertiary/aromatic N) is 3. The second-order valence-corrected chi connectivity index (χ2v) is 9.65. The van der Waals surface area contributed by atoms with Gasteiger partial charge in [-0.3, -0.25) is 9.59 Å². The molecule has 0 saturated carbocycles. The van der Waals surface area contributed by atoms with Gasteiger partial charge in [0, 0.05) is 46.1 Å². The number of hydrogen-bond acceptors (Lipinski definition) is 6. The second-order valence-electron chi connectivity index (χ2n) is 7.76. The number of hydrogen-bond donors (Lipinski definition) is 2. The summed E-state index contributed by atoms with van der Waals surface area (Å²) in [6.45, 7) is 1.88. The van der Waals surface area contributed by atoms with E-state index >= 15 is 0 Å². The molecule has 2 N–H and O–H groups in total. The number of fused-ring (bicyclic) bond motifs is 1. The Bertz CT molecular complexity index is 1210. The van der Waals surface area contributed by atoms with Gasteiger partial charge in [-0.05, 0) is 49.8 Å². The molecule has 0 unspecified atom stereocenters. The van der Waals surface area contributed by atoms with Crippen molar-refractivity contribution >= 4 is 56.2 Å². The van der Waals surface area contributed by atoms with Gasteiger partial charge in [0.05, 0.1) is 18.5 Å². The van der Waals surface area contributed by atoms with Crippen LogP contribution in [0.15, 0.2) is 53.4 Å². The summed E-state index contributed by atoms with van der Waals surface area (Å²) in [5, 5.41) is 11.1. The van der Waals surface area contributed by atoms with Crippen molar-refractivity contribution in [2.75, 3.05) is 31.3 Å². The molecule has 4 rings (SSSR count).